The van der Waals surface area contributed by atoms with E-state index >= 15 is 0 Å². The van der Waals surface area contributed by atoms with E-state index in [1.807, 2.05) is 0 Å². The maximum absolute atomic E-state index is 2.75. The molecular formula is C48H55N. The highest BCUT2D eigenvalue weighted by Crippen LogP contribution is 2.59. The van der Waals surface area contributed by atoms with Gasteiger partial charge in [-0.15, -0.1) is 0 Å². The van der Waals surface area contributed by atoms with Crippen molar-refractivity contribution in [3.05, 3.63) is 137 Å². The SMILES string of the molecule is CCCCc1cc2c(c(N(c3ccccc3)c3cccc4c3C(CCCC)(CCCC)c3ccccc3-4)c1CCCC)Cc1ccccc1-2. The van der Waals surface area contributed by atoms with Gasteiger partial charge in [-0.25, -0.2) is 0 Å². The molecule has 0 heterocycles. The zero-order valence-corrected chi connectivity index (χ0v) is 30.5. The smallest absolute Gasteiger partial charge is 0.0538 e. The van der Waals surface area contributed by atoms with E-state index in [0.717, 1.165) is 19.3 Å². The first-order valence-electron chi connectivity index (χ1n) is 19.5. The van der Waals surface area contributed by atoms with E-state index in [1.54, 1.807) is 22.3 Å². The molecule has 252 valence electrons. The summed E-state index contributed by atoms with van der Waals surface area (Å²) < 4.78 is 0. The Hall–Kier alpha value is -4.10. The summed E-state index contributed by atoms with van der Waals surface area (Å²) in [6, 6.07) is 39.8. The average molecular weight is 646 g/mol. The Labute approximate surface area is 296 Å². The molecule has 1 heteroatoms. The fourth-order valence-corrected chi connectivity index (χ4v) is 9.14. The molecule has 0 saturated carbocycles. The Morgan fingerprint density at radius 1 is 0.571 bits per heavy atom. The Balaban J connectivity index is 1.58. The molecule has 0 aromatic heterocycles. The van der Waals surface area contributed by atoms with Crippen LogP contribution in [0, 0.1) is 0 Å². The van der Waals surface area contributed by atoms with E-state index in [4.69, 9.17) is 0 Å². The lowest BCUT2D eigenvalue weighted by Crippen LogP contribution is -2.28. The maximum Gasteiger partial charge on any atom is 0.0538 e. The quantitative estimate of drug-likeness (QED) is 0.107. The first-order valence-corrected chi connectivity index (χ1v) is 19.5. The van der Waals surface area contributed by atoms with Crippen molar-refractivity contribution in [2.75, 3.05) is 4.90 Å². The summed E-state index contributed by atoms with van der Waals surface area (Å²) in [7, 11) is 0. The molecule has 0 saturated heterocycles. The van der Waals surface area contributed by atoms with E-state index in [9.17, 15) is 0 Å². The van der Waals surface area contributed by atoms with Crippen LogP contribution in [0.1, 0.15) is 125 Å². The topological polar surface area (TPSA) is 3.24 Å². The molecule has 0 aliphatic heterocycles. The molecule has 0 unspecified atom stereocenters. The second-order valence-electron chi connectivity index (χ2n) is 14.6. The van der Waals surface area contributed by atoms with Crippen LogP contribution in [0.2, 0.25) is 0 Å². The molecule has 2 aliphatic carbocycles. The summed E-state index contributed by atoms with van der Waals surface area (Å²) in [5.41, 5.74) is 19.1. The van der Waals surface area contributed by atoms with Crippen molar-refractivity contribution >= 4 is 17.1 Å². The van der Waals surface area contributed by atoms with Crippen molar-refractivity contribution in [3.8, 4) is 22.3 Å². The lowest BCUT2D eigenvalue weighted by atomic mass is 9.70. The number of para-hydroxylation sites is 1. The minimum atomic E-state index is -0.00287. The fraction of sp³-hybridized carbons (Fsp3) is 0.375. The van der Waals surface area contributed by atoms with Crippen LogP contribution in [0.25, 0.3) is 22.3 Å². The van der Waals surface area contributed by atoms with Gasteiger partial charge < -0.3 is 4.90 Å². The summed E-state index contributed by atoms with van der Waals surface area (Å²) in [6.45, 7) is 9.41. The van der Waals surface area contributed by atoms with Crippen LogP contribution in [0.4, 0.5) is 17.1 Å². The number of benzene rings is 5. The number of aryl methyl sites for hydroxylation is 1. The molecule has 1 nitrogen and oxygen atoms in total. The first kappa shape index (κ1) is 33.4. The lowest BCUT2D eigenvalue weighted by Gasteiger charge is -2.38. The number of fused-ring (bicyclic) bond motifs is 6. The normalized spacial score (nSPS) is 13.6. The molecular weight excluding hydrogens is 591 g/mol. The number of anilines is 3. The minimum absolute atomic E-state index is 0.00287. The van der Waals surface area contributed by atoms with Crippen molar-refractivity contribution in [2.45, 2.75) is 117 Å². The van der Waals surface area contributed by atoms with Crippen LogP contribution in [0.5, 0.6) is 0 Å². The molecule has 2 aliphatic rings. The minimum Gasteiger partial charge on any atom is -0.310 e. The molecule has 7 rings (SSSR count). The van der Waals surface area contributed by atoms with Gasteiger partial charge >= 0.3 is 0 Å². The van der Waals surface area contributed by atoms with Gasteiger partial charge in [0.2, 0.25) is 0 Å². The third kappa shape index (κ3) is 5.94. The van der Waals surface area contributed by atoms with Crippen molar-refractivity contribution in [1.29, 1.82) is 0 Å². The van der Waals surface area contributed by atoms with Crippen molar-refractivity contribution in [3.63, 3.8) is 0 Å². The molecule has 49 heavy (non-hydrogen) atoms. The number of hydrogen-bond acceptors (Lipinski definition) is 1. The fourth-order valence-electron chi connectivity index (χ4n) is 9.14. The Kier molecular flexibility index (Phi) is 10.1. The van der Waals surface area contributed by atoms with Gasteiger partial charge in [-0.05, 0) is 112 Å². The van der Waals surface area contributed by atoms with Gasteiger partial charge in [-0.1, -0.05) is 151 Å². The van der Waals surface area contributed by atoms with Crippen molar-refractivity contribution in [2.24, 2.45) is 0 Å². The zero-order valence-electron chi connectivity index (χ0n) is 30.5. The summed E-state index contributed by atoms with van der Waals surface area (Å²) >= 11 is 0. The van der Waals surface area contributed by atoms with E-state index in [-0.39, 0.29) is 5.41 Å². The van der Waals surface area contributed by atoms with Gasteiger partial charge in [0.1, 0.15) is 0 Å². The van der Waals surface area contributed by atoms with Gasteiger partial charge in [0.25, 0.3) is 0 Å². The monoisotopic (exact) mass is 645 g/mol. The molecule has 0 bridgehead atoms. The van der Waals surface area contributed by atoms with Crippen LogP contribution < -0.4 is 4.90 Å². The number of nitrogens with zero attached hydrogens (tertiary/aromatic N) is 1. The summed E-state index contributed by atoms with van der Waals surface area (Å²) in [5, 5.41) is 0. The van der Waals surface area contributed by atoms with Gasteiger partial charge in [0.05, 0.1) is 11.4 Å². The number of rotatable bonds is 15. The molecule has 0 radical (unpaired) electrons. The molecule has 0 spiro atoms. The average Bonchev–Trinajstić information content (AvgIpc) is 3.66. The molecule has 5 aromatic carbocycles. The van der Waals surface area contributed by atoms with E-state index in [2.05, 4.69) is 136 Å². The highest BCUT2D eigenvalue weighted by molar-refractivity contribution is 5.95. The van der Waals surface area contributed by atoms with Gasteiger partial charge in [-0.2, -0.15) is 0 Å². The molecule has 5 aromatic rings. The third-order valence-corrected chi connectivity index (χ3v) is 11.5. The Bertz CT molecular complexity index is 1890. The van der Waals surface area contributed by atoms with Crippen LogP contribution in [0.15, 0.2) is 103 Å². The van der Waals surface area contributed by atoms with E-state index in [0.29, 0.717) is 0 Å². The maximum atomic E-state index is 2.75. The van der Waals surface area contributed by atoms with Crippen LogP contribution >= 0.6 is 0 Å². The van der Waals surface area contributed by atoms with Gasteiger partial charge in [-0.3, -0.25) is 0 Å². The van der Waals surface area contributed by atoms with Crippen molar-refractivity contribution < 1.29 is 0 Å². The molecule has 0 atom stereocenters. The van der Waals surface area contributed by atoms with E-state index < -0.39 is 0 Å². The standard InChI is InChI=1S/C48H55N/c1-5-9-21-36-33-42-38-26-17-16-22-35(38)34-43(42)47(39(36)25-10-6-2)49(37-23-14-13-15-24-37)45-30-20-28-41-40-27-18-19-29-44(40)48(46(41)45,31-11-7-3)32-12-8-4/h13-20,22-24,26-30,33H,5-12,21,25,31-32,34H2,1-4H3. The van der Waals surface area contributed by atoms with Crippen LogP contribution in [-0.4, -0.2) is 0 Å². The highest BCUT2D eigenvalue weighted by atomic mass is 15.2. The van der Waals surface area contributed by atoms with Crippen LogP contribution in [0.3, 0.4) is 0 Å². The summed E-state index contributed by atoms with van der Waals surface area (Å²) in [5.74, 6) is 0. The number of unbranched alkanes of at least 4 members (excludes halogenated alkanes) is 4. The molecule has 0 N–H and O–H groups in total. The molecule has 0 fully saturated rings. The summed E-state index contributed by atoms with van der Waals surface area (Å²) in [4.78, 5) is 2.75. The van der Waals surface area contributed by atoms with Crippen molar-refractivity contribution in [1.82, 2.24) is 0 Å². The Morgan fingerprint density at radius 3 is 1.94 bits per heavy atom. The lowest BCUT2D eigenvalue weighted by molar-refractivity contribution is 0.415. The first-order chi connectivity index (χ1) is 24.2. The second-order valence-corrected chi connectivity index (χ2v) is 14.6. The zero-order chi connectivity index (χ0) is 33.8. The van der Waals surface area contributed by atoms with Crippen LogP contribution in [-0.2, 0) is 24.7 Å². The highest BCUT2D eigenvalue weighted by Gasteiger charge is 2.45. The Morgan fingerprint density at radius 2 is 1.20 bits per heavy atom. The van der Waals surface area contributed by atoms with Gasteiger partial charge in [0, 0.05) is 17.5 Å². The van der Waals surface area contributed by atoms with E-state index in [1.165, 1.54) is 115 Å². The third-order valence-electron chi connectivity index (χ3n) is 11.5. The van der Waals surface area contributed by atoms with Gasteiger partial charge in [0.15, 0.2) is 0 Å². The predicted octanol–water partition coefficient (Wildman–Crippen LogP) is 14.1. The molecule has 0 amide bonds. The second kappa shape index (κ2) is 14.8. The largest absolute Gasteiger partial charge is 0.310 e. The summed E-state index contributed by atoms with van der Waals surface area (Å²) in [6.07, 6.45) is 15.3. The predicted molar refractivity (Wildman–Crippen MR) is 212 cm³/mol. The number of hydrogen-bond donors (Lipinski definition) is 0.